The van der Waals surface area contributed by atoms with Crippen molar-refractivity contribution in [2.75, 3.05) is 0 Å². The van der Waals surface area contributed by atoms with Crippen LogP contribution in [0, 0.1) is 3.91 Å². The summed E-state index contributed by atoms with van der Waals surface area (Å²) >= 11 is 0. The zero-order chi connectivity index (χ0) is 28.8. The SMILES string of the molecule is CCCCCCCCn1cc[n+](C)c1.O=S(=O)([C-](S(=O)(=O)C(F)(F)F)S(=O)(=O)C(F)(F)F)C(F)(F)F. The molecular formula is C16H23F9N2O6S3. The van der Waals surface area contributed by atoms with Gasteiger partial charge >= 0.3 is 16.5 Å². The van der Waals surface area contributed by atoms with Crippen LogP contribution in [0.5, 0.6) is 0 Å². The van der Waals surface area contributed by atoms with Crippen LogP contribution in [0.2, 0.25) is 0 Å². The molecule has 0 N–H and O–H groups in total. The van der Waals surface area contributed by atoms with E-state index in [-0.39, 0.29) is 0 Å². The minimum absolute atomic E-state index is 1.17. The molecule has 0 fully saturated rings. The molecule has 0 saturated heterocycles. The Morgan fingerprint density at radius 1 is 0.694 bits per heavy atom. The van der Waals surface area contributed by atoms with Crippen molar-refractivity contribution in [2.45, 2.75) is 68.5 Å². The lowest BCUT2D eigenvalue weighted by Gasteiger charge is -2.31. The fourth-order valence-electron chi connectivity index (χ4n) is 2.43. The van der Waals surface area contributed by atoms with Crippen molar-refractivity contribution in [2.24, 2.45) is 7.05 Å². The molecule has 1 aromatic heterocycles. The Balaban J connectivity index is 0.000000748. The molecule has 20 heteroatoms. The van der Waals surface area contributed by atoms with Gasteiger partial charge in [-0.2, -0.15) is 39.5 Å². The van der Waals surface area contributed by atoms with Crippen molar-refractivity contribution < 1.29 is 69.3 Å². The molecule has 0 aliphatic heterocycles. The summed E-state index contributed by atoms with van der Waals surface area (Å²) in [6, 6.07) is 0. The van der Waals surface area contributed by atoms with Gasteiger partial charge in [0.2, 0.25) is 6.33 Å². The lowest BCUT2D eigenvalue weighted by atomic mass is 10.1. The lowest BCUT2D eigenvalue weighted by Crippen LogP contribution is -2.47. The second-order valence-electron chi connectivity index (χ2n) is 7.18. The van der Waals surface area contributed by atoms with E-state index in [4.69, 9.17) is 0 Å². The van der Waals surface area contributed by atoms with Crippen molar-refractivity contribution in [3.63, 3.8) is 0 Å². The van der Waals surface area contributed by atoms with E-state index in [1.165, 1.54) is 45.1 Å². The Kier molecular flexibility index (Phi) is 11.8. The van der Waals surface area contributed by atoms with Crippen LogP contribution in [0.3, 0.4) is 0 Å². The largest absolute Gasteiger partial charge is 0.470 e. The second kappa shape index (κ2) is 12.3. The highest BCUT2D eigenvalue weighted by Crippen LogP contribution is 2.47. The van der Waals surface area contributed by atoms with Gasteiger partial charge in [-0.05, 0) is 12.8 Å². The minimum atomic E-state index is -8.02. The Labute approximate surface area is 201 Å². The number of hydrogen-bond acceptors (Lipinski definition) is 6. The van der Waals surface area contributed by atoms with Gasteiger partial charge in [0.1, 0.15) is 12.4 Å². The number of halogens is 9. The van der Waals surface area contributed by atoms with Gasteiger partial charge in [-0.1, -0.05) is 32.6 Å². The number of aromatic nitrogens is 2. The third-order valence-corrected chi connectivity index (χ3v) is 11.3. The molecule has 214 valence electrons. The number of nitrogens with zero attached hydrogens (tertiary/aromatic N) is 2. The van der Waals surface area contributed by atoms with Crippen LogP contribution in [-0.4, -0.2) is 46.3 Å². The van der Waals surface area contributed by atoms with Crippen molar-refractivity contribution >= 4 is 29.5 Å². The van der Waals surface area contributed by atoms with Gasteiger partial charge in [0.25, 0.3) is 0 Å². The van der Waals surface area contributed by atoms with Gasteiger partial charge in [-0.15, -0.1) is 0 Å². The highest BCUT2D eigenvalue weighted by atomic mass is 32.3. The number of alkyl halides is 9. The van der Waals surface area contributed by atoms with Crippen LogP contribution >= 0.6 is 0 Å². The summed E-state index contributed by atoms with van der Waals surface area (Å²) in [6.45, 7) is 3.44. The summed E-state index contributed by atoms with van der Waals surface area (Å²) in [5, 5.41) is 0. The van der Waals surface area contributed by atoms with E-state index in [0.29, 0.717) is 0 Å². The Bertz CT molecular complexity index is 1050. The first kappa shape index (κ1) is 34.4. The van der Waals surface area contributed by atoms with Gasteiger partial charge in [0.15, 0.2) is 29.5 Å². The van der Waals surface area contributed by atoms with Crippen molar-refractivity contribution in [3.8, 4) is 0 Å². The van der Waals surface area contributed by atoms with Crippen LogP contribution in [0.4, 0.5) is 39.5 Å². The maximum absolute atomic E-state index is 12.0. The molecule has 8 nitrogen and oxygen atoms in total. The van der Waals surface area contributed by atoms with Gasteiger partial charge in [-0.25, -0.2) is 9.13 Å². The Morgan fingerprint density at radius 2 is 1.06 bits per heavy atom. The first-order valence-electron chi connectivity index (χ1n) is 9.76. The molecule has 0 aliphatic carbocycles. The lowest BCUT2D eigenvalue weighted by molar-refractivity contribution is -0.671. The van der Waals surface area contributed by atoms with Crippen molar-refractivity contribution in [1.82, 2.24) is 4.57 Å². The van der Waals surface area contributed by atoms with Crippen LogP contribution < -0.4 is 4.57 Å². The molecule has 0 saturated carbocycles. The molecule has 0 unspecified atom stereocenters. The summed E-state index contributed by atoms with van der Waals surface area (Å²) in [5.41, 5.74) is -21.2. The second-order valence-corrected chi connectivity index (χ2v) is 13.6. The summed E-state index contributed by atoms with van der Waals surface area (Å²) < 4.78 is 172. The molecule has 36 heavy (non-hydrogen) atoms. The monoisotopic (exact) mass is 606 g/mol. The number of sulfone groups is 3. The smallest absolute Gasteiger partial charge is 0.251 e. The zero-order valence-electron chi connectivity index (χ0n) is 18.7. The molecule has 0 aromatic carbocycles. The van der Waals surface area contributed by atoms with Gasteiger partial charge in [0, 0.05) is 0 Å². The molecule has 0 atom stereocenters. The summed E-state index contributed by atoms with van der Waals surface area (Å²) in [5.74, 6) is 0. The minimum Gasteiger partial charge on any atom is -0.251 e. The Morgan fingerprint density at radius 3 is 1.36 bits per heavy atom. The molecule has 0 bridgehead atoms. The first-order chi connectivity index (χ1) is 15.9. The van der Waals surface area contributed by atoms with E-state index in [2.05, 4.69) is 41.8 Å². The summed E-state index contributed by atoms with van der Waals surface area (Å²) in [6.07, 6.45) is 14.6. The predicted octanol–water partition coefficient (Wildman–Crippen LogP) is 3.91. The normalized spacial score (nSPS) is 14.0. The predicted molar refractivity (Wildman–Crippen MR) is 107 cm³/mol. The average Bonchev–Trinajstić information content (AvgIpc) is 3.07. The van der Waals surface area contributed by atoms with E-state index in [0.717, 1.165) is 0 Å². The molecule has 0 spiro atoms. The maximum Gasteiger partial charge on any atom is 0.470 e. The van der Waals surface area contributed by atoms with Gasteiger partial charge in [-0.3, -0.25) is 25.3 Å². The third-order valence-electron chi connectivity index (χ3n) is 4.17. The summed E-state index contributed by atoms with van der Waals surface area (Å²) in [4.78, 5) is 0. The van der Waals surface area contributed by atoms with Gasteiger partial charge in [0.05, 0.1) is 17.5 Å². The molecule has 0 amide bonds. The van der Waals surface area contributed by atoms with Crippen molar-refractivity contribution in [3.05, 3.63) is 22.6 Å². The van der Waals surface area contributed by atoms with Crippen molar-refractivity contribution in [1.29, 1.82) is 0 Å². The number of hydrogen-bond donors (Lipinski definition) is 0. The number of rotatable bonds is 10. The zero-order valence-corrected chi connectivity index (χ0v) is 21.1. The van der Waals surface area contributed by atoms with E-state index >= 15 is 0 Å². The molecule has 1 rings (SSSR count). The summed E-state index contributed by atoms with van der Waals surface area (Å²) in [7, 11) is -22.0. The quantitative estimate of drug-likeness (QED) is 0.173. The standard InChI is InChI=1S/C12H23N2.C4F9O6S3/c1-3-4-5-6-7-8-9-14-11-10-13(2)12-14;5-2(6,7)20(14,15)1(21(16,17)3(8,9)10)22(18,19)4(11,12)13/h10-12H,3-9H2,1-2H3;/q+1;-1. The number of aryl methyl sites for hydroxylation is 2. The average molecular weight is 607 g/mol. The maximum atomic E-state index is 12.0. The number of unbranched alkanes of at least 4 members (excludes halogenated alkanes) is 5. The molecule has 0 radical (unpaired) electrons. The fraction of sp³-hybridized carbons (Fsp3) is 0.750. The highest BCUT2D eigenvalue weighted by molar-refractivity contribution is 8.29. The molecular weight excluding hydrogens is 583 g/mol. The molecule has 1 aromatic rings. The van der Waals surface area contributed by atoms with Crippen LogP contribution in [0.25, 0.3) is 0 Å². The fourth-order valence-corrected chi connectivity index (χ4v) is 8.16. The topological polar surface area (TPSA) is 111 Å². The first-order valence-corrected chi connectivity index (χ1v) is 14.2. The van der Waals surface area contributed by atoms with E-state index in [1.807, 2.05) is 0 Å². The van der Waals surface area contributed by atoms with Crippen LogP contribution in [0.15, 0.2) is 18.7 Å². The van der Waals surface area contributed by atoms with Crippen LogP contribution in [-0.2, 0) is 43.1 Å². The Hall–Kier alpha value is -1.57. The van der Waals surface area contributed by atoms with Gasteiger partial charge < -0.3 is 0 Å². The molecule has 1 heterocycles. The molecule has 0 aliphatic rings. The third kappa shape index (κ3) is 8.77. The number of imidazole rings is 1. The highest BCUT2D eigenvalue weighted by Gasteiger charge is 2.63. The van der Waals surface area contributed by atoms with E-state index < -0.39 is 50.0 Å². The van der Waals surface area contributed by atoms with E-state index in [9.17, 15) is 64.8 Å². The van der Waals surface area contributed by atoms with E-state index in [1.54, 1.807) is 0 Å². The van der Waals surface area contributed by atoms with Crippen LogP contribution in [0.1, 0.15) is 45.4 Å².